The third-order valence-electron chi connectivity index (χ3n) is 7.32. The van der Waals surface area contributed by atoms with Gasteiger partial charge >= 0.3 is 5.97 Å². The Labute approximate surface area is 191 Å². The number of likely N-dealkylation sites (tertiary alicyclic amines) is 1. The van der Waals surface area contributed by atoms with E-state index < -0.39 is 0 Å². The number of aromatic nitrogens is 1. The summed E-state index contributed by atoms with van der Waals surface area (Å²) in [6, 6.07) is 8.68. The number of methoxy groups -OCH3 is 1. The average Bonchev–Trinajstić information content (AvgIpc) is 3.09. The van der Waals surface area contributed by atoms with E-state index in [4.69, 9.17) is 9.47 Å². The number of likely N-dealkylation sites (N-methyl/N-ethyl adjacent to an activating group) is 2. The summed E-state index contributed by atoms with van der Waals surface area (Å²) in [6.07, 6.45) is 5.13. The summed E-state index contributed by atoms with van der Waals surface area (Å²) in [5.41, 5.74) is 4.18. The average molecular weight is 486 g/mol. The van der Waals surface area contributed by atoms with Gasteiger partial charge in [0.2, 0.25) is 0 Å². The Hall–Kier alpha value is -1.96. The molecule has 5 rings (SSSR count). The minimum atomic E-state index is -0.381. The van der Waals surface area contributed by atoms with E-state index in [0.29, 0.717) is 24.1 Å². The predicted octanol–water partition coefficient (Wildman–Crippen LogP) is 3.80. The largest absolute Gasteiger partial charge is 0.462 e. The molecular weight excluding hydrogens is 458 g/mol. The SMILES string of the molecule is CO[C@]12C[C@@H](COC(=O)c3cncc(Br)c3)CN(C)[C@@H]1CC1CN(C)c3cccc2c31. The third kappa shape index (κ3) is 3.38. The van der Waals surface area contributed by atoms with Crippen LogP contribution in [0.2, 0.25) is 0 Å². The lowest BCUT2D eigenvalue weighted by molar-refractivity contribution is -0.139. The zero-order valence-corrected chi connectivity index (χ0v) is 19.8. The number of pyridine rings is 1. The fraction of sp³-hybridized carbons (Fsp3) is 0.500. The highest BCUT2D eigenvalue weighted by Crippen LogP contribution is 2.55. The predicted molar refractivity (Wildman–Crippen MR) is 123 cm³/mol. The molecule has 1 aromatic heterocycles. The quantitative estimate of drug-likeness (QED) is 0.613. The number of fused-ring (bicyclic) bond motifs is 2. The van der Waals surface area contributed by atoms with Gasteiger partial charge < -0.3 is 14.4 Å². The maximum atomic E-state index is 12.6. The number of nitrogens with zero attached hydrogens (tertiary/aromatic N) is 3. The lowest BCUT2D eigenvalue weighted by Gasteiger charge is -2.54. The van der Waals surface area contributed by atoms with E-state index >= 15 is 0 Å². The van der Waals surface area contributed by atoms with Crippen molar-refractivity contribution in [1.29, 1.82) is 0 Å². The minimum Gasteiger partial charge on any atom is -0.462 e. The standard InChI is InChI=1S/C24H28BrN3O3/c1-27-13-17-8-21-24(30-3,19-5-4-6-20(27)22(17)19)9-15(12-28(21)2)14-31-23(29)16-7-18(25)11-26-10-16/h4-7,10-11,15,17,21H,8-9,12-14H2,1-3H3/t15-,17?,21-,24+/m1/s1. The zero-order chi connectivity index (χ0) is 21.8. The summed E-state index contributed by atoms with van der Waals surface area (Å²) < 4.78 is 12.8. The van der Waals surface area contributed by atoms with Gasteiger partial charge in [-0.25, -0.2) is 4.79 Å². The summed E-state index contributed by atoms with van der Waals surface area (Å²) in [4.78, 5) is 21.4. The number of carbonyl (C=O) groups excluding carboxylic acids is 1. The van der Waals surface area contributed by atoms with Crippen molar-refractivity contribution >= 4 is 27.6 Å². The molecule has 0 spiro atoms. The number of esters is 1. The molecule has 0 radical (unpaired) electrons. The topological polar surface area (TPSA) is 54.9 Å². The van der Waals surface area contributed by atoms with Crippen molar-refractivity contribution in [3.63, 3.8) is 0 Å². The number of ether oxygens (including phenoxy) is 2. The number of hydrogen-bond acceptors (Lipinski definition) is 6. The highest BCUT2D eigenvalue weighted by Gasteiger charge is 2.55. The molecule has 31 heavy (non-hydrogen) atoms. The van der Waals surface area contributed by atoms with Gasteiger partial charge in [-0.3, -0.25) is 9.88 Å². The summed E-state index contributed by atoms with van der Waals surface area (Å²) in [6.45, 7) is 2.32. The highest BCUT2D eigenvalue weighted by atomic mass is 79.9. The second-order valence-corrected chi connectivity index (χ2v) is 10.1. The van der Waals surface area contributed by atoms with Gasteiger partial charge in [-0.15, -0.1) is 0 Å². The van der Waals surface area contributed by atoms with E-state index in [1.54, 1.807) is 12.3 Å². The number of benzene rings is 1. The molecule has 0 bridgehead atoms. The van der Waals surface area contributed by atoms with E-state index in [1.807, 2.05) is 7.11 Å². The number of carbonyl (C=O) groups is 1. The maximum Gasteiger partial charge on any atom is 0.339 e. The molecule has 0 amide bonds. The van der Waals surface area contributed by atoms with Crippen LogP contribution >= 0.6 is 15.9 Å². The van der Waals surface area contributed by atoms with Crippen LogP contribution < -0.4 is 4.90 Å². The number of halogens is 1. The van der Waals surface area contributed by atoms with Crippen LogP contribution in [0.15, 0.2) is 41.1 Å². The second-order valence-electron chi connectivity index (χ2n) is 9.16. The van der Waals surface area contributed by atoms with Crippen LogP contribution in [0, 0.1) is 5.92 Å². The molecule has 0 saturated carbocycles. The van der Waals surface area contributed by atoms with Crippen LogP contribution in [0.1, 0.15) is 40.2 Å². The molecule has 1 saturated heterocycles. The van der Waals surface area contributed by atoms with Gasteiger partial charge in [0.05, 0.1) is 12.2 Å². The van der Waals surface area contributed by atoms with Crippen molar-refractivity contribution < 1.29 is 14.3 Å². The van der Waals surface area contributed by atoms with Crippen molar-refractivity contribution in [2.75, 3.05) is 45.8 Å². The Morgan fingerprint density at radius 1 is 1.29 bits per heavy atom. The Kier molecular flexibility index (Phi) is 5.31. The van der Waals surface area contributed by atoms with Gasteiger partial charge in [0.1, 0.15) is 5.60 Å². The first-order valence-corrected chi connectivity index (χ1v) is 11.6. The van der Waals surface area contributed by atoms with Gasteiger partial charge in [0.25, 0.3) is 0 Å². The van der Waals surface area contributed by atoms with Crippen LogP contribution in [0.25, 0.3) is 0 Å². The molecule has 1 fully saturated rings. The van der Waals surface area contributed by atoms with Crippen molar-refractivity contribution in [1.82, 2.24) is 9.88 Å². The zero-order valence-electron chi connectivity index (χ0n) is 18.2. The van der Waals surface area contributed by atoms with E-state index in [9.17, 15) is 4.79 Å². The summed E-state index contributed by atoms with van der Waals surface area (Å²) >= 11 is 3.36. The van der Waals surface area contributed by atoms with Gasteiger partial charge in [0.15, 0.2) is 0 Å². The lowest BCUT2D eigenvalue weighted by Crippen LogP contribution is -2.60. The molecule has 1 aromatic carbocycles. The van der Waals surface area contributed by atoms with E-state index in [1.165, 1.54) is 23.0 Å². The van der Waals surface area contributed by atoms with Crippen LogP contribution in [-0.4, -0.2) is 62.8 Å². The van der Waals surface area contributed by atoms with Gasteiger partial charge in [-0.05, 0) is 59.1 Å². The van der Waals surface area contributed by atoms with Crippen molar-refractivity contribution in [3.8, 4) is 0 Å². The Bertz CT molecular complexity index is 1020. The van der Waals surface area contributed by atoms with Crippen LogP contribution in [-0.2, 0) is 15.1 Å². The molecule has 3 heterocycles. The maximum absolute atomic E-state index is 12.6. The van der Waals surface area contributed by atoms with Crippen molar-refractivity contribution in [2.24, 2.45) is 5.92 Å². The van der Waals surface area contributed by atoms with Crippen LogP contribution in [0.5, 0.6) is 0 Å². The molecule has 4 atom stereocenters. The third-order valence-corrected chi connectivity index (χ3v) is 7.76. The van der Waals surface area contributed by atoms with Crippen LogP contribution in [0.3, 0.4) is 0 Å². The molecule has 1 unspecified atom stereocenters. The molecular formula is C24H28BrN3O3. The fourth-order valence-electron chi connectivity index (χ4n) is 6.09. The first kappa shape index (κ1) is 20.9. The minimum absolute atomic E-state index is 0.191. The van der Waals surface area contributed by atoms with E-state index in [2.05, 4.69) is 63.0 Å². The molecule has 1 aliphatic carbocycles. The van der Waals surface area contributed by atoms with Gasteiger partial charge in [-0.1, -0.05) is 12.1 Å². The smallest absolute Gasteiger partial charge is 0.339 e. The number of hydrogen-bond donors (Lipinski definition) is 0. The number of rotatable bonds is 4. The molecule has 2 aromatic rings. The molecule has 2 aliphatic heterocycles. The summed E-state index contributed by atoms with van der Waals surface area (Å²) in [5.74, 6) is 0.401. The molecule has 3 aliphatic rings. The normalized spacial score (nSPS) is 29.4. The van der Waals surface area contributed by atoms with Crippen LogP contribution in [0.4, 0.5) is 5.69 Å². The first-order valence-electron chi connectivity index (χ1n) is 10.8. The van der Waals surface area contributed by atoms with Crippen molar-refractivity contribution in [3.05, 3.63) is 57.8 Å². The van der Waals surface area contributed by atoms with Gasteiger partial charge in [-0.2, -0.15) is 0 Å². The molecule has 0 N–H and O–H groups in total. The summed E-state index contributed by atoms with van der Waals surface area (Å²) in [5, 5.41) is 0. The van der Waals surface area contributed by atoms with E-state index in [0.717, 1.165) is 30.4 Å². The molecule has 164 valence electrons. The Balaban J connectivity index is 1.41. The number of piperidine rings is 1. The highest BCUT2D eigenvalue weighted by molar-refractivity contribution is 9.10. The first-order chi connectivity index (χ1) is 14.9. The molecule has 7 heteroatoms. The lowest BCUT2D eigenvalue weighted by atomic mass is 9.65. The Morgan fingerprint density at radius 2 is 2.13 bits per heavy atom. The number of anilines is 1. The van der Waals surface area contributed by atoms with Crippen molar-refractivity contribution in [2.45, 2.75) is 30.4 Å². The Morgan fingerprint density at radius 3 is 2.90 bits per heavy atom. The fourth-order valence-corrected chi connectivity index (χ4v) is 6.45. The van der Waals surface area contributed by atoms with E-state index in [-0.39, 0.29) is 17.5 Å². The second kappa shape index (κ2) is 7.87. The molecule has 6 nitrogen and oxygen atoms in total. The van der Waals surface area contributed by atoms with Gasteiger partial charge in [0, 0.05) is 67.7 Å². The summed E-state index contributed by atoms with van der Waals surface area (Å²) in [7, 11) is 6.19. The monoisotopic (exact) mass is 485 g/mol.